The van der Waals surface area contributed by atoms with Crippen LogP contribution in [-0.2, 0) is 19.6 Å². The lowest BCUT2D eigenvalue weighted by Gasteiger charge is -2.07. The summed E-state index contributed by atoms with van der Waals surface area (Å²) in [4.78, 5) is 29.0. The largest absolute Gasteiger partial charge is 0.273 e. The number of amides is 2. The summed E-state index contributed by atoms with van der Waals surface area (Å²) in [6.07, 6.45) is -0.00121. The number of rotatable bonds is 6. The Morgan fingerprint density at radius 1 is 1.03 bits per heavy atom. The Morgan fingerprint density at radius 2 is 1.72 bits per heavy atom. The van der Waals surface area contributed by atoms with E-state index in [4.69, 9.17) is 0 Å². The Labute approximate surface area is 173 Å². The van der Waals surface area contributed by atoms with Gasteiger partial charge in [-0.05, 0) is 31.2 Å². The van der Waals surface area contributed by atoms with Crippen molar-refractivity contribution in [2.24, 2.45) is 4.99 Å². The van der Waals surface area contributed by atoms with Crippen LogP contribution in [0.5, 0.6) is 0 Å². The van der Waals surface area contributed by atoms with Crippen LogP contribution in [0.1, 0.15) is 17.5 Å². The fourth-order valence-electron chi connectivity index (χ4n) is 2.54. The molecule has 0 radical (unpaired) electrons. The van der Waals surface area contributed by atoms with Crippen molar-refractivity contribution in [2.45, 2.75) is 23.1 Å². The Bertz CT molecular complexity index is 1050. The summed E-state index contributed by atoms with van der Waals surface area (Å²) in [5.41, 5.74) is 6.30. The molecule has 1 heterocycles. The number of aryl methyl sites for hydroxylation is 1. The number of nitrogens with zero attached hydrogens (tertiary/aromatic N) is 1. The zero-order valence-corrected chi connectivity index (χ0v) is 17.3. The first-order valence-electron chi connectivity index (χ1n) is 8.79. The van der Waals surface area contributed by atoms with Crippen molar-refractivity contribution >= 4 is 39.4 Å². The fraction of sp³-hybridized carbons (Fsp3) is 0.211. The van der Waals surface area contributed by atoms with Crippen LogP contribution >= 0.6 is 11.8 Å². The van der Waals surface area contributed by atoms with Crippen molar-refractivity contribution in [3.63, 3.8) is 0 Å². The van der Waals surface area contributed by atoms with Crippen LogP contribution in [0.2, 0.25) is 0 Å². The minimum absolute atomic E-state index is 0.00121. The lowest BCUT2D eigenvalue weighted by atomic mass is 10.2. The highest BCUT2D eigenvalue weighted by atomic mass is 32.2. The number of hydrogen-bond acceptors (Lipinski definition) is 6. The molecule has 152 valence electrons. The number of hydrogen-bond donors (Lipinski definition) is 3. The van der Waals surface area contributed by atoms with E-state index in [1.807, 2.05) is 31.2 Å². The van der Waals surface area contributed by atoms with E-state index in [-0.39, 0.29) is 35.4 Å². The van der Waals surface area contributed by atoms with Gasteiger partial charge in [-0.2, -0.15) is 0 Å². The van der Waals surface area contributed by atoms with Crippen molar-refractivity contribution in [3.8, 4) is 0 Å². The van der Waals surface area contributed by atoms with Gasteiger partial charge in [-0.25, -0.2) is 8.42 Å². The highest BCUT2D eigenvalue weighted by molar-refractivity contribution is 8.00. The number of aliphatic imine (C=N–C) groups is 1. The van der Waals surface area contributed by atoms with Gasteiger partial charge in [-0.3, -0.25) is 30.2 Å². The Morgan fingerprint density at radius 3 is 2.48 bits per heavy atom. The Hall–Kier alpha value is -2.85. The number of thioether (sulfide) groups is 1. The average Bonchev–Trinajstić information content (AvgIpc) is 2.96. The van der Waals surface area contributed by atoms with Crippen molar-refractivity contribution in [3.05, 3.63) is 59.7 Å². The molecule has 1 aliphatic heterocycles. The third-order valence-corrected chi connectivity index (χ3v) is 6.41. The summed E-state index contributed by atoms with van der Waals surface area (Å²) in [7, 11) is -3.60. The van der Waals surface area contributed by atoms with Gasteiger partial charge in [0.15, 0.2) is 0 Å². The minimum atomic E-state index is -3.60. The van der Waals surface area contributed by atoms with E-state index in [2.05, 4.69) is 20.6 Å². The van der Waals surface area contributed by atoms with Gasteiger partial charge in [-0.15, -0.1) is 11.8 Å². The molecule has 0 atom stereocenters. The number of carbonyl (C=O) groups excluding carboxylic acids is 2. The summed E-state index contributed by atoms with van der Waals surface area (Å²) in [5.74, 6) is -0.360. The second kappa shape index (κ2) is 9.10. The number of benzene rings is 2. The van der Waals surface area contributed by atoms with Crippen molar-refractivity contribution in [1.29, 1.82) is 0 Å². The molecule has 0 spiro atoms. The highest BCUT2D eigenvalue weighted by Gasteiger charge is 2.29. The molecule has 0 saturated heterocycles. The summed E-state index contributed by atoms with van der Waals surface area (Å²) < 4.78 is 26.4. The second-order valence-corrected chi connectivity index (χ2v) is 8.98. The van der Waals surface area contributed by atoms with E-state index in [9.17, 15) is 18.0 Å². The topological polar surface area (TPSA) is 117 Å². The van der Waals surface area contributed by atoms with E-state index in [0.717, 1.165) is 10.5 Å². The monoisotopic (exact) mass is 432 g/mol. The quantitative estimate of drug-likeness (QED) is 0.471. The first-order chi connectivity index (χ1) is 13.8. The molecule has 10 heteroatoms. The van der Waals surface area contributed by atoms with Gasteiger partial charge in [0.2, 0.25) is 11.8 Å². The van der Waals surface area contributed by atoms with Crippen LogP contribution in [0.15, 0.2) is 63.3 Å². The van der Waals surface area contributed by atoms with Crippen LogP contribution in [0.3, 0.4) is 0 Å². The van der Waals surface area contributed by atoms with Crippen LogP contribution in [0.4, 0.5) is 0 Å². The fourth-order valence-corrected chi connectivity index (χ4v) is 4.49. The summed E-state index contributed by atoms with van der Waals surface area (Å²) in [6.45, 7) is 2.06. The maximum absolute atomic E-state index is 12.0. The molecule has 0 aliphatic carbocycles. The van der Waals surface area contributed by atoms with Gasteiger partial charge in [0.1, 0.15) is 5.84 Å². The Balaban J connectivity index is 1.42. The van der Waals surface area contributed by atoms with Gasteiger partial charge in [-0.1, -0.05) is 29.8 Å². The molecule has 0 saturated carbocycles. The first kappa shape index (κ1) is 20.9. The molecule has 0 unspecified atom stereocenters. The normalized spacial score (nSPS) is 15.4. The third kappa shape index (κ3) is 5.58. The summed E-state index contributed by atoms with van der Waals surface area (Å²) >= 11 is 1.37. The molecule has 2 aromatic rings. The van der Waals surface area contributed by atoms with Gasteiger partial charge in [0.05, 0.1) is 17.2 Å². The highest BCUT2D eigenvalue weighted by Crippen LogP contribution is 2.22. The van der Waals surface area contributed by atoms with Crippen LogP contribution in [-0.4, -0.2) is 38.4 Å². The van der Waals surface area contributed by atoms with Gasteiger partial charge in [0.25, 0.3) is 10.0 Å². The minimum Gasteiger partial charge on any atom is -0.273 e. The SMILES string of the molecule is Cc1ccc(SCC(=O)NNC(=O)CCN=C2NS(=O)(=O)c3ccccc32)cc1. The second-order valence-electron chi connectivity index (χ2n) is 6.28. The molecule has 2 aromatic carbocycles. The summed E-state index contributed by atoms with van der Waals surface area (Å²) in [6, 6.07) is 14.3. The number of nitrogens with one attached hydrogen (secondary N) is 3. The molecule has 3 rings (SSSR count). The van der Waals surface area contributed by atoms with Gasteiger partial charge < -0.3 is 0 Å². The molecule has 1 aliphatic rings. The maximum Gasteiger partial charge on any atom is 0.263 e. The number of fused-ring (bicyclic) bond motifs is 1. The zero-order chi connectivity index (χ0) is 20.9. The molecule has 0 bridgehead atoms. The zero-order valence-electron chi connectivity index (χ0n) is 15.6. The predicted molar refractivity (Wildman–Crippen MR) is 111 cm³/mol. The van der Waals surface area contributed by atoms with E-state index >= 15 is 0 Å². The van der Waals surface area contributed by atoms with E-state index in [0.29, 0.717) is 5.56 Å². The van der Waals surface area contributed by atoms with Crippen molar-refractivity contribution in [2.75, 3.05) is 12.3 Å². The average molecular weight is 433 g/mol. The lowest BCUT2D eigenvalue weighted by molar-refractivity contribution is -0.127. The van der Waals surface area contributed by atoms with Crippen LogP contribution in [0, 0.1) is 6.92 Å². The predicted octanol–water partition coefficient (Wildman–Crippen LogP) is 1.36. The Kier molecular flexibility index (Phi) is 6.55. The number of hydrazine groups is 1. The maximum atomic E-state index is 12.0. The van der Waals surface area contributed by atoms with Crippen molar-refractivity contribution < 1.29 is 18.0 Å². The number of amidine groups is 1. The van der Waals surface area contributed by atoms with Gasteiger partial charge in [0, 0.05) is 16.9 Å². The number of carbonyl (C=O) groups is 2. The smallest absolute Gasteiger partial charge is 0.263 e. The van der Waals surface area contributed by atoms with E-state index in [1.54, 1.807) is 18.2 Å². The lowest BCUT2D eigenvalue weighted by Crippen LogP contribution is -2.42. The van der Waals surface area contributed by atoms with E-state index in [1.165, 1.54) is 17.8 Å². The molecular weight excluding hydrogens is 412 g/mol. The molecule has 8 nitrogen and oxygen atoms in total. The molecule has 29 heavy (non-hydrogen) atoms. The molecule has 0 fully saturated rings. The standard InChI is InChI=1S/C19H20N4O4S2/c1-13-6-8-14(9-7-13)28-12-18(25)22-21-17(24)10-11-20-19-15-4-2-3-5-16(15)29(26,27)23-19/h2-9H,10-12H2,1H3,(H,20,23)(H,21,24)(H,22,25). The first-order valence-corrected chi connectivity index (χ1v) is 11.3. The molecule has 0 aromatic heterocycles. The van der Waals surface area contributed by atoms with Crippen molar-refractivity contribution in [1.82, 2.24) is 15.6 Å². The van der Waals surface area contributed by atoms with Crippen LogP contribution < -0.4 is 15.6 Å². The molecule has 3 N–H and O–H groups in total. The van der Waals surface area contributed by atoms with Gasteiger partial charge >= 0.3 is 0 Å². The van der Waals surface area contributed by atoms with Crippen LogP contribution in [0.25, 0.3) is 0 Å². The summed E-state index contributed by atoms with van der Waals surface area (Å²) in [5, 5.41) is 0. The third-order valence-electron chi connectivity index (χ3n) is 4.00. The number of sulfonamides is 1. The molecular formula is C19H20N4O4S2. The molecule has 2 amide bonds. The van der Waals surface area contributed by atoms with E-state index < -0.39 is 15.9 Å².